The lowest BCUT2D eigenvalue weighted by atomic mass is 9.42. The molecule has 0 bridgehead atoms. The Hall–Kier alpha value is -3.41. The van der Waals surface area contributed by atoms with Crippen molar-refractivity contribution < 1.29 is 111 Å². The minimum atomic E-state index is -2.08. The molecule has 494 valence electrons. The maximum atomic E-state index is 13.6. The smallest absolute Gasteiger partial charge is 0.331 e. The predicted octanol–water partition coefficient (Wildman–Crippen LogP) is 5.03. The molecule has 5 heterocycles. The van der Waals surface area contributed by atoms with Gasteiger partial charge in [-0.15, -0.1) is 0 Å². The summed E-state index contributed by atoms with van der Waals surface area (Å²) in [4.78, 5) is 39.7. The number of esters is 2. The lowest BCUT2D eigenvalue weighted by molar-refractivity contribution is -0.351. The van der Waals surface area contributed by atoms with Gasteiger partial charge in [0.25, 0.3) is 0 Å². The molecule has 5 N–H and O–H groups in total. The van der Waals surface area contributed by atoms with E-state index >= 15 is 0 Å². The molecule has 1 aromatic rings. The number of rotatable bonds is 18. The molecule has 10 rings (SSSR count). The summed E-state index contributed by atoms with van der Waals surface area (Å²) in [6.45, 7) is 15.3. The van der Waals surface area contributed by atoms with Gasteiger partial charge in [0.1, 0.15) is 59.5 Å². The van der Waals surface area contributed by atoms with Crippen molar-refractivity contribution in [2.24, 2.45) is 16.7 Å². The average molecular weight is 1250 g/mol. The van der Waals surface area contributed by atoms with Crippen LogP contribution >= 0.6 is 0 Å². The van der Waals surface area contributed by atoms with Crippen molar-refractivity contribution in [3.8, 4) is 0 Å². The summed E-state index contributed by atoms with van der Waals surface area (Å²) in [7, 11) is 4.75. The van der Waals surface area contributed by atoms with Crippen LogP contribution in [-0.4, -0.2) is 217 Å². The molecule has 9 aliphatic rings. The Kier molecular flexibility index (Phi) is 20.6. The largest absolute Gasteiger partial charge is 0.459 e. The molecule has 88 heavy (non-hydrogen) atoms. The van der Waals surface area contributed by atoms with Crippen molar-refractivity contribution in [3.63, 3.8) is 0 Å². The highest BCUT2D eigenvalue weighted by Gasteiger charge is 2.81. The molecule has 1 aromatic carbocycles. The van der Waals surface area contributed by atoms with E-state index in [0.717, 1.165) is 11.1 Å². The van der Waals surface area contributed by atoms with Gasteiger partial charge < -0.3 is 96.6 Å². The van der Waals surface area contributed by atoms with Crippen LogP contribution in [0.4, 0.5) is 0 Å². The fourth-order valence-corrected chi connectivity index (χ4v) is 16.6. The van der Waals surface area contributed by atoms with Gasteiger partial charge in [-0.2, -0.15) is 0 Å². The van der Waals surface area contributed by atoms with Crippen LogP contribution in [0.25, 0.3) is 6.08 Å². The normalized spacial score (nSPS) is 47.9. The molecule has 5 aliphatic heterocycles. The predicted molar refractivity (Wildman–Crippen MR) is 310 cm³/mol. The molecule has 5 saturated heterocycles. The van der Waals surface area contributed by atoms with Crippen molar-refractivity contribution in [3.05, 3.63) is 53.6 Å². The first-order chi connectivity index (χ1) is 41.7. The van der Waals surface area contributed by atoms with E-state index in [2.05, 4.69) is 6.92 Å². The number of benzene rings is 1. The Labute approximate surface area is 516 Å². The number of hydrogen-bond acceptors (Lipinski definition) is 23. The summed E-state index contributed by atoms with van der Waals surface area (Å²) in [5.74, 6) is -2.43. The minimum absolute atomic E-state index is 0.0389. The Morgan fingerprint density at radius 3 is 1.62 bits per heavy atom. The monoisotopic (exact) mass is 1240 g/mol. The Balaban J connectivity index is 0.729. The van der Waals surface area contributed by atoms with Gasteiger partial charge in [-0.3, -0.25) is 9.59 Å². The third-order valence-corrected chi connectivity index (χ3v) is 21.6. The van der Waals surface area contributed by atoms with Gasteiger partial charge in [0.2, 0.25) is 0 Å². The summed E-state index contributed by atoms with van der Waals surface area (Å²) in [6.07, 6.45) is -7.47. The van der Waals surface area contributed by atoms with E-state index in [1.54, 1.807) is 55.1 Å². The highest BCUT2D eigenvalue weighted by Crippen LogP contribution is 2.71. The van der Waals surface area contributed by atoms with Gasteiger partial charge in [-0.1, -0.05) is 48.9 Å². The first kappa shape index (κ1) is 67.5. The van der Waals surface area contributed by atoms with E-state index in [1.165, 1.54) is 19.9 Å². The molecule has 28 atom stereocenters. The third-order valence-electron chi connectivity index (χ3n) is 21.6. The molecule has 0 spiro atoms. The topological polar surface area (TPSA) is 291 Å². The van der Waals surface area contributed by atoms with Crippen molar-refractivity contribution >= 4 is 23.8 Å². The summed E-state index contributed by atoms with van der Waals surface area (Å²) < 4.78 is 93.8. The quantitative estimate of drug-likeness (QED) is 0.0731. The molecule has 0 aromatic heterocycles. The number of methoxy groups -OCH3 is 3. The van der Waals surface area contributed by atoms with Crippen molar-refractivity contribution in [1.29, 1.82) is 0 Å². The number of ether oxygens (including phenoxy) is 15. The number of carbonyl (C=O) groups is 3. The summed E-state index contributed by atoms with van der Waals surface area (Å²) in [5, 5.41) is 60.4. The number of carbonyl (C=O) groups excluding carboxylic acids is 3. The molecule has 8 fully saturated rings. The zero-order valence-corrected chi connectivity index (χ0v) is 53.0. The second kappa shape index (κ2) is 26.9. The second-order valence-corrected chi connectivity index (χ2v) is 26.7. The fourth-order valence-electron chi connectivity index (χ4n) is 16.6. The molecule has 4 aliphatic carbocycles. The first-order valence-corrected chi connectivity index (χ1v) is 31.7. The second-order valence-electron chi connectivity index (χ2n) is 26.7. The number of fused-ring (bicyclic) bond motifs is 5. The fraction of sp³-hybridized carbons (Fsp3) is 0.800. The molecular formula is C65H96O23. The van der Waals surface area contributed by atoms with Crippen molar-refractivity contribution in [1.82, 2.24) is 0 Å². The Morgan fingerprint density at radius 1 is 0.591 bits per heavy atom. The molecule has 3 saturated carbocycles. The van der Waals surface area contributed by atoms with Crippen LogP contribution in [0, 0.1) is 16.7 Å². The number of aliphatic hydroxyl groups excluding tert-OH is 2. The minimum Gasteiger partial charge on any atom is -0.459 e. The van der Waals surface area contributed by atoms with E-state index in [9.17, 15) is 39.9 Å². The van der Waals surface area contributed by atoms with E-state index in [1.807, 2.05) is 50.3 Å². The van der Waals surface area contributed by atoms with E-state index in [4.69, 9.17) is 71.1 Å². The Morgan fingerprint density at radius 2 is 1.09 bits per heavy atom. The maximum absolute atomic E-state index is 13.6. The van der Waals surface area contributed by atoms with E-state index in [0.29, 0.717) is 32.1 Å². The van der Waals surface area contributed by atoms with Gasteiger partial charge >= 0.3 is 11.9 Å². The number of hydrogen-bond donors (Lipinski definition) is 5. The van der Waals surface area contributed by atoms with Crippen LogP contribution in [0.2, 0.25) is 0 Å². The van der Waals surface area contributed by atoms with Crippen molar-refractivity contribution in [2.75, 3.05) is 21.3 Å². The number of aliphatic hydroxyl groups is 5. The molecule has 23 heteroatoms. The van der Waals surface area contributed by atoms with Gasteiger partial charge in [-0.25, -0.2) is 4.79 Å². The third kappa shape index (κ3) is 12.8. The van der Waals surface area contributed by atoms with Crippen LogP contribution in [0.15, 0.2) is 48.1 Å². The van der Waals surface area contributed by atoms with Crippen LogP contribution in [0.5, 0.6) is 0 Å². The standard InChI is InChI=1S/C65H96O23/c1-33-56(70)44(74-10)28-52(77-33)86-58-35(3)79-53(29-45(58)75-11)87-59-36(4)80-54(30-46(59)76-12)88-60-37(5)81-55(31-47(60)82-39(7)67)85-57-34(2)78-51(27-43(57)68)83-42-21-22-61(8)41(26-42)20-23-64(72)48(61)32-49(84-50(69)19-18-40-16-14-13-15-17-40)62(9)63(71,38(6)66)24-25-65(62,64)73/h13-20,33-37,42-49,51-60,68,70-73H,21-32H2,1-12H3/t33-,34+,35+,36-,37+,42-,43-,44+,45-,46+,47-,48+,49+,51-,52-,53-,54-,55-,56-,57+,58+,59-,60+,61-,62+,63+,64-,65+/m0/s1. The Bertz CT molecular complexity index is 2630. The SMILES string of the molecule is CO[C@H]1C[C@H](O[C@H]2[C@H](C)O[C@@H](O[C@H]3[C@@H](OC(C)=O)C[C@H](O[C@H]4[C@@H](O)C[C@H](O[C@H]5CC[C@@]6(C)C(=CC[C@]7(O)[C@@H]6C[C@@H](OC(=O)C=Cc6ccccc6)[C@@]6(C)[C@]7(O)CC[C@@]6(O)C(C)=O)C5)O[C@@H]4C)O[C@@H]3C)C[C@H]2OC)O[C@H](C)[C@H]1O[C@H]1C[C@@H](OC)[C@@H](O)[C@H](C)O1. The zero-order valence-electron chi connectivity index (χ0n) is 53.0. The summed E-state index contributed by atoms with van der Waals surface area (Å²) in [6, 6.07) is 9.23. The van der Waals surface area contributed by atoms with Gasteiger partial charge in [-0.05, 0) is 110 Å². The highest BCUT2D eigenvalue weighted by atomic mass is 16.8. The molecular weight excluding hydrogens is 1150 g/mol. The van der Waals surface area contributed by atoms with E-state index < -0.39 is 180 Å². The summed E-state index contributed by atoms with van der Waals surface area (Å²) >= 11 is 0. The number of Topliss-reactive ketones (excluding diaryl/α,β-unsaturated/α-hetero) is 1. The van der Waals surface area contributed by atoms with Crippen molar-refractivity contribution in [2.45, 2.75) is 291 Å². The molecule has 0 radical (unpaired) electrons. The van der Waals surface area contributed by atoms with Gasteiger partial charge in [0, 0.05) is 72.4 Å². The molecule has 0 unspecified atom stereocenters. The first-order valence-electron chi connectivity index (χ1n) is 31.7. The molecule has 0 amide bonds. The molecule has 23 nitrogen and oxygen atoms in total. The lowest BCUT2D eigenvalue weighted by Gasteiger charge is -2.67. The summed E-state index contributed by atoms with van der Waals surface area (Å²) in [5.41, 5.74) is -6.52. The highest BCUT2D eigenvalue weighted by molar-refractivity contribution is 5.89. The zero-order chi connectivity index (χ0) is 63.4. The van der Waals surface area contributed by atoms with E-state index in [-0.39, 0.29) is 51.0 Å². The lowest BCUT2D eigenvalue weighted by Crippen LogP contribution is -2.78. The number of ketones is 1. The van der Waals surface area contributed by atoms with Crippen LogP contribution in [-0.2, 0) is 85.4 Å². The van der Waals surface area contributed by atoms with Crippen LogP contribution in [0.3, 0.4) is 0 Å². The van der Waals surface area contributed by atoms with Gasteiger partial charge in [0.05, 0.1) is 66.5 Å². The van der Waals surface area contributed by atoms with Crippen LogP contribution < -0.4 is 0 Å². The van der Waals surface area contributed by atoms with Crippen LogP contribution in [0.1, 0.15) is 145 Å². The maximum Gasteiger partial charge on any atom is 0.331 e. The average Bonchev–Trinajstić information content (AvgIpc) is 1.34. The van der Waals surface area contributed by atoms with Gasteiger partial charge in [0.15, 0.2) is 37.2 Å².